The van der Waals surface area contributed by atoms with E-state index in [1.165, 1.54) is 0 Å². The molecule has 0 aliphatic carbocycles. The number of rotatable bonds is 6. The molecule has 0 saturated carbocycles. The minimum absolute atomic E-state index is 0. The number of hydrogen-bond donors (Lipinski definition) is 0. The van der Waals surface area contributed by atoms with Crippen LogP contribution < -0.4 is 9.47 Å². The SMILES string of the molecule is COc1ccc(CS(=O)(=O)Cc2ccc(OC)cc2)cc1.[NaH].[NaH].[NaH].[NaH]. The van der Waals surface area contributed by atoms with Crippen LogP contribution in [-0.2, 0) is 21.3 Å². The summed E-state index contributed by atoms with van der Waals surface area (Å²) in [5.74, 6) is 1.46. The van der Waals surface area contributed by atoms with E-state index in [0.29, 0.717) is 11.5 Å². The van der Waals surface area contributed by atoms with E-state index in [0.717, 1.165) is 11.1 Å². The van der Waals surface area contributed by atoms with Crippen LogP contribution in [0.3, 0.4) is 0 Å². The van der Waals surface area contributed by atoms with E-state index in [1.54, 1.807) is 62.8 Å². The van der Waals surface area contributed by atoms with Crippen molar-refractivity contribution in [2.24, 2.45) is 0 Å². The summed E-state index contributed by atoms with van der Waals surface area (Å²) in [5, 5.41) is 0. The van der Waals surface area contributed by atoms with E-state index in [9.17, 15) is 8.42 Å². The van der Waals surface area contributed by atoms with Gasteiger partial charge in [-0.3, -0.25) is 0 Å². The Morgan fingerprint density at radius 2 is 0.920 bits per heavy atom. The number of benzene rings is 2. The first-order valence-electron chi connectivity index (χ1n) is 6.49. The summed E-state index contributed by atoms with van der Waals surface area (Å²) >= 11 is 0. The molecule has 0 bridgehead atoms. The predicted octanol–water partition coefficient (Wildman–Crippen LogP) is 0.225. The molecule has 0 heterocycles. The average Bonchev–Trinajstić information content (AvgIpc) is 2.48. The Morgan fingerprint density at radius 1 is 0.640 bits per heavy atom. The van der Waals surface area contributed by atoms with Gasteiger partial charge in [0.2, 0.25) is 0 Å². The zero-order valence-corrected chi connectivity index (χ0v) is 12.9. The Bertz CT molecular complexity index is 634. The van der Waals surface area contributed by atoms with Gasteiger partial charge < -0.3 is 9.47 Å². The van der Waals surface area contributed by atoms with Gasteiger partial charge >= 0.3 is 118 Å². The quantitative estimate of drug-likeness (QED) is 0.649. The van der Waals surface area contributed by atoms with E-state index in [2.05, 4.69) is 0 Å². The molecule has 0 radical (unpaired) electrons. The second-order valence-electron chi connectivity index (χ2n) is 4.73. The summed E-state index contributed by atoms with van der Waals surface area (Å²) in [6, 6.07) is 14.1. The molecule has 9 heteroatoms. The zero-order chi connectivity index (χ0) is 15.3. The van der Waals surface area contributed by atoms with Gasteiger partial charge in [0.15, 0.2) is 9.84 Å². The standard InChI is InChI=1S/C16H18O4S.4Na.4H/c1-19-15-7-3-13(4-8-15)11-21(17,18)12-14-5-9-16(20-2)10-6-14;;;;;;;;/h3-10H,11-12H2,1-2H3;;;;;;;;. The van der Waals surface area contributed by atoms with Crippen LogP contribution in [0.5, 0.6) is 11.5 Å². The molecule has 2 rings (SSSR count). The van der Waals surface area contributed by atoms with Crippen LogP contribution in [0, 0.1) is 0 Å². The van der Waals surface area contributed by atoms with Gasteiger partial charge in [0.25, 0.3) is 0 Å². The predicted molar refractivity (Wildman–Crippen MR) is 111 cm³/mol. The molecule has 2 aromatic rings. The molecule has 25 heavy (non-hydrogen) atoms. The first-order chi connectivity index (χ1) is 10.0. The van der Waals surface area contributed by atoms with E-state index >= 15 is 0 Å². The van der Waals surface area contributed by atoms with Crippen LogP contribution in [0.25, 0.3) is 0 Å². The van der Waals surface area contributed by atoms with Crippen LogP contribution in [-0.4, -0.2) is 141 Å². The summed E-state index contributed by atoms with van der Waals surface area (Å²) in [4.78, 5) is 0. The maximum atomic E-state index is 12.2. The van der Waals surface area contributed by atoms with Crippen molar-refractivity contribution >= 4 is 128 Å². The van der Waals surface area contributed by atoms with Crippen LogP contribution in [0.4, 0.5) is 0 Å². The van der Waals surface area contributed by atoms with Crippen molar-refractivity contribution in [2.45, 2.75) is 11.5 Å². The van der Waals surface area contributed by atoms with Crippen molar-refractivity contribution in [1.29, 1.82) is 0 Å². The van der Waals surface area contributed by atoms with E-state index in [-0.39, 0.29) is 130 Å². The molecule has 0 saturated heterocycles. The van der Waals surface area contributed by atoms with Crippen molar-refractivity contribution < 1.29 is 17.9 Å². The molecule has 120 valence electrons. The Hall–Kier alpha value is 1.99. The van der Waals surface area contributed by atoms with Crippen molar-refractivity contribution in [3.63, 3.8) is 0 Å². The number of methoxy groups -OCH3 is 2. The molecule has 0 aliphatic heterocycles. The van der Waals surface area contributed by atoms with Gasteiger partial charge in [-0.05, 0) is 35.4 Å². The van der Waals surface area contributed by atoms with Gasteiger partial charge in [-0.2, -0.15) is 0 Å². The first kappa shape index (κ1) is 31.7. The zero-order valence-electron chi connectivity index (χ0n) is 12.1. The molecule has 2 aromatic carbocycles. The summed E-state index contributed by atoms with van der Waals surface area (Å²) in [7, 11) is -0.0509. The monoisotopic (exact) mass is 402 g/mol. The molecule has 0 aliphatic rings. The molecular weight excluding hydrogens is 380 g/mol. The molecular formula is C16H22Na4O4S. The van der Waals surface area contributed by atoms with Gasteiger partial charge in [0.05, 0.1) is 25.7 Å². The Labute approximate surface area is 238 Å². The number of sulfone groups is 1. The topological polar surface area (TPSA) is 52.6 Å². The molecule has 0 atom stereocenters. The second kappa shape index (κ2) is 15.9. The Kier molecular flexibility index (Phi) is 20.1. The fourth-order valence-corrected chi connectivity index (χ4v) is 3.51. The first-order valence-corrected chi connectivity index (χ1v) is 8.31. The molecule has 0 aromatic heterocycles. The van der Waals surface area contributed by atoms with Gasteiger partial charge in [-0.1, -0.05) is 24.3 Å². The number of hydrogen-bond acceptors (Lipinski definition) is 4. The third kappa shape index (κ3) is 11.5. The average molecular weight is 402 g/mol. The fraction of sp³-hybridized carbons (Fsp3) is 0.250. The van der Waals surface area contributed by atoms with Gasteiger partial charge in [0, 0.05) is 0 Å². The number of ether oxygens (including phenoxy) is 2. The van der Waals surface area contributed by atoms with Gasteiger partial charge in [0.1, 0.15) is 11.5 Å². The van der Waals surface area contributed by atoms with Gasteiger partial charge in [-0.25, -0.2) is 8.42 Å². The molecule has 0 spiro atoms. The van der Waals surface area contributed by atoms with Crippen molar-refractivity contribution in [1.82, 2.24) is 0 Å². The molecule has 4 nitrogen and oxygen atoms in total. The second-order valence-corrected chi connectivity index (χ2v) is 6.79. The van der Waals surface area contributed by atoms with Crippen molar-refractivity contribution in [3.05, 3.63) is 59.7 Å². The summed E-state index contributed by atoms with van der Waals surface area (Å²) in [5.41, 5.74) is 1.51. The minimum atomic E-state index is -3.21. The van der Waals surface area contributed by atoms with Crippen molar-refractivity contribution in [2.75, 3.05) is 14.2 Å². The van der Waals surface area contributed by atoms with E-state index in [1.807, 2.05) is 0 Å². The Balaban J connectivity index is -0.00000121. The fourth-order valence-electron chi connectivity index (χ4n) is 2.00. The van der Waals surface area contributed by atoms with Crippen LogP contribution in [0.15, 0.2) is 48.5 Å². The molecule has 0 amide bonds. The summed E-state index contributed by atoms with van der Waals surface area (Å²) in [6.45, 7) is 0. The molecule has 0 fully saturated rings. The van der Waals surface area contributed by atoms with Crippen LogP contribution in [0.2, 0.25) is 0 Å². The Morgan fingerprint density at radius 3 is 1.16 bits per heavy atom. The summed E-state index contributed by atoms with van der Waals surface area (Å²) in [6.07, 6.45) is 0. The maximum absolute atomic E-state index is 12.2. The van der Waals surface area contributed by atoms with E-state index < -0.39 is 9.84 Å². The van der Waals surface area contributed by atoms with Crippen LogP contribution >= 0.6 is 0 Å². The normalized spacial score (nSPS) is 9.36. The summed E-state index contributed by atoms with van der Waals surface area (Å²) < 4.78 is 34.5. The van der Waals surface area contributed by atoms with Crippen molar-refractivity contribution in [3.8, 4) is 11.5 Å². The molecule has 0 N–H and O–H groups in total. The van der Waals surface area contributed by atoms with E-state index in [4.69, 9.17) is 9.47 Å². The van der Waals surface area contributed by atoms with Crippen LogP contribution in [0.1, 0.15) is 11.1 Å². The molecule has 0 unspecified atom stereocenters. The third-order valence-electron chi connectivity index (χ3n) is 3.09. The third-order valence-corrected chi connectivity index (χ3v) is 4.64. The van der Waals surface area contributed by atoms with Gasteiger partial charge in [-0.15, -0.1) is 0 Å².